The summed E-state index contributed by atoms with van der Waals surface area (Å²) in [5.74, 6) is 1.26. The van der Waals surface area contributed by atoms with Crippen LogP contribution in [0.2, 0.25) is 0 Å². The van der Waals surface area contributed by atoms with Gasteiger partial charge in [0.2, 0.25) is 5.91 Å². The second-order valence-electron chi connectivity index (χ2n) is 7.01. The van der Waals surface area contributed by atoms with Gasteiger partial charge in [0.1, 0.15) is 17.1 Å². The van der Waals surface area contributed by atoms with Crippen LogP contribution >= 0.6 is 11.8 Å². The molecule has 1 N–H and O–H groups in total. The monoisotopic (exact) mass is 433 g/mol. The fourth-order valence-corrected chi connectivity index (χ4v) is 4.48. The van der Waals surface area contributed by atoms with Crippen molar-refractivity contribution in [3.63, 3.8) is 0 Å². The van der Waals surface area contributed by atoms with Crippen LogP contribution in [0.4, 0.5) is 5.69 Å². The third-order valence-corrected chi connectivity index (χ3v) is 6.01. The molecule has 2 aromatic carbocycles. The summed E-state index contributed by atoms with van der Waals surface area (Å²) in [5, 5.41) is 8.29. The van der Waals surface area contributed by atoms with E-state index in [4.69, 9.17) is 4.74 Å². The van der Waals surface area contributed by atoms with E-state index in [1.54, 1.807) is 23.4 Å². The van der Waals surface area contributed by atoms with Gasteiger partial charge in [-0.25, -0.2) is 4.98 Å². The van der Waals surface area contributed by atoms with Gasteiger partial charge in [-0.15, -0.1) is 0 Å². The van der Waals surface area contributed by atoms with Gasteiger partial charge in [-0.2, -0.15) is 14.6 Å². The first-order valence-corrected chi connectivity index (χ1v) is 10.8. The SMILES string of the molecule is CCc1c(C)nc2ncnn2c1Sc1ccc(NC(=O)Cc2cccc(OC)c2)cc1. The largest absolute Gasteiger partial charge is 0.497 e. The van der Waals surface area contributed by atoms with Crippen LogP contribution < -0.4 is 10.1 Å². The van der Waals surface area contributed by atoms with Crippen LogP contribution in [-0.2, 0) is 17.6 Å². The number of amides is 1. The fraction of sp³-hybridized carbons (Fsp3) is 0.217. The molecule has 4 aromatic rings. The highest BCUT2D eigenvalue weighted by atomic mass is 32.2. The Morgan fingerprint density at radius 2 is 2.00 bits per heavy atom. The van der Waals surface area contributed by atoms with E-state index in [9.17, 15) is 4.79 Å². The molecule has 0 aliphatic carbocycles. The molecule has 0 radical (unpaired) electrons. The van der Waals surface area contributed by atoms with Gasteiger partial charge in [-0.1, -0.05) is 30.8 Å². The number of aromatic nitrogens is 4. The smallest absolute Gasteiger partial charge is 0.253 e. The molecule has 2 aromatic heterocycles. The van der Waals surface area contributed by atoms with E-state index in [1.807, 2.05) is 55.5 Å². The summed E-state index contributed by atoms with van der Waals surface area (Å²) < 4.78 is 6.99. The van der Waals surface area contributed by atoms with Crippen molar-refractivity contribution >= 4 is 29.1 Å². The molecule has 0 unspecified atom stereocenters. The molecule has 1 amide bonds. The van der Waals surface area contributed by atoms with Gasteiger partial charge in [-0.05, 0) is 55.3 Å². The van der Waals surface area contributed by atoms with E-state index in [-0.39, 0.29) is 12.3 Å². The summed E-state index contributed by atoms with van der Waals surface area (Å²) in [5.41, 5.74) is 3.77. The van der Waals surface area contributed by atoms with Crippen molar-refractivity contribution in [3.8, 4) is 5.75 Å². The lowest BCUT2D eigenvalue weighted by molar-refractivity contribution is -0.115. The number of carbonyl (C=O) groups is 1. The average Bonchev–Trinajstić information content (AvgIpc) is 3.23. The summed E-state index contributed by atoms with van der Waals surface area (Å²) in [6.07, 6.45) is 2.66. The Kier molecular flexibility index (Phi) is 6.18. The zero-order valence-corrected chi connectivity index (χ0v) is 18.4. The first-order chi connectivity index (χ1) is 15.1. The summed E-state index contributed by atoms with van der Waals surface area (Å²) in [6.45, 7) is 4.11. The van der Waals surface area contributed by atoms with Crippen LogP contribution in [-0.4, -0.2) is 32.6 Å². The molecule has 4 rings (SSSR count). The van der Waals surface area contributed by atoms with Crippen LogP contribution in [0.1, 0.15) is 23.7 Å². The molecule has 0 aliphatic rings. The highest BCUT2D eigenvalue weighted by Gasteiger charge is 2.14. The minimum atomic E-state index is -0.0731. The summed E-state index contributed by atoms with van der Waals surface area (Å²) in [6, 6.07) is 15.3. The van der Waals surface area contributed by atoms with E-state index in [0.717, 1.165) is 44.6 Å². The number of anilines is 1. The number of carbonyl (C=O) groups excluding carboxylic acids is 1. The summed E-state index contributed by atoms with van der Waals surface area (Å²) >= 11 is 1.62. The van der Waals surface area contributed by atoms with Crippen LogP contribution in [0, 0.1) is 6.92 Å². The molecule has 8 heteroatoms. The molecule has 0 bridgehead atoms. The minimum Gasteiger partial charge on any atom is -0.497 e. The zero-order valence-electron chi connectivity index (χ0n) is 17.6. The quantitative estimate of drug-likeness (QED) is 0.437. The molecule has 31 heavy (non-hydrogen) atoms. The van der Waals surface area contributed by atoms with Crippen LogP contribution in [0.25, 0.3) is 5.78 Å². The van der Waals surface area contributed by atoms with Gasteiger partial charge in [0.15, 0.2) is 0 Å². The predicted octanol–water partition coefficient (Wildman–Crippen LogP) is 4.34. The zero-order chi connectivity index (χ0) is 21.8. The maximum atomic E-state index is 12.4. The van der Waals surface area contributed by atoms with Gasteiger partial charge in [-0.3, -0.25) is 4.79 Å². The van der Waals surface area contributed by atoms with E-state index in [2.05, 4.69) is 27.3 Å². The Hall–Kier alpha value is -3.39. The van der Waals surface area contributed by atoms with Gasteiger partial charge in [0, 0.05) is 21.8 Å². The lowest BCUT2D eigenvalue weighted by atomic mass is 10.1. The standard InChI is InChI=1S/C23H23N5O2S/c1-4-20-15(2)26-23-24-14-25-28(23)22(20)31-19-10-8-17(9-11-19)27-21(29)13-16-6-5-7-18(12-16)30-3/h5-12,14H,4,13H2,1-3H3,(H,27,29). The lowest BCUT2D eigenvalue weighted by Crippen LogP contribution is -2.14. The summed E-state index contributed by atoms with van der Waals surface area (Å²) in [4.78, 5) is 22.2. The normalized spacial score (nSPS) is 10.9. The third kappa shape index (κ3) is 4.69. The second kappa shape index (κ2) is 9.18. The molecule has 0 aliphatic heterocycles. The molecule has 7 nitrogen and oxygen atoms in total. The topological polar surface area (TPSA) is 81.4 Å². The second-order valence-corrected chi connectivity index (χ2v) is 8.07. The number of ether oxygens (including phenoxy) is 1. The lowest BCUT2D eigenvalue weighted by Gasteiger charge is -2.12. The molecular weight excluding hydrogens is 410 g/mol. The molecule has 0 atom stereocenters. The van der Waals surface area contributed by atoms with Crippen molar-refractivity contribution in [2.45, 2.75) is 36.6 Å². The van der Waals surface area contributed by atoms with Crippen molar-refractivity contribution in [3.05, 3.63) is 71.7 Å². The van der Waals surface area contributed by atoms with Gasteiger partial charge in [0.05, 0.1) is 13.5 Å². The first kappa shape index (κ1) is 20.9. The van der Waals surface area contributed by atoms with Gasteiger partial charge < -0.3 is 10.1 Å². The summed E-state index contributed by atoms with van der Waals surface area (Å²) in [7, 11) is 1.61. The van der Waals surface area contributed by atoms with E-state index in [1.165, 1.54) is 6.33 Å². The third-order valence-electron chi connectivity index (χ3n) is 4.89. The number of fused-ring (bicyclic) bond motifs is 1. The van der Waals surface area contributed by atoms with Crippen LogP contribution in [0.5, 0.6) is 5.75 Å². The minimum absolute atomic E-state index is 0.0731. The number of nitrogens with one attached hydrogen (secondary N) is 1. The number of methoxy groups -OCH3 is 1. The molecule has 0 saturated heterocycles. The van der Waals surface area contributed by atoms with Crippen molar-refractivity contribution in [2.75, 3.05) is 12.4 Å². The van der Waals surface area contributed by atoms with Crippen molar-refractivity contribution in [2.24, 2.45) is 0 Å². The molecule has 158 valence electrons. The number of hydrogen-bond acceptors (Lipinski definition) is 6. The number of hydrogen-bond donors (Lipinski definition) is 1. The van der Waals surface area contributed by atoms with Crippen molar-refractivity contribution in [1.82, 2.24) is 19.6 Å². The van der Waals surface area contributed by atoms with Crippen LogP contribution in [0.3, 0.4) is 0 Å². The number of rotatable bonds is 7. The number of aryl methyl sites for hydroxylation is 1. The fourth-order valence-electron chi connectivity index (χ4n) is 3.36. The van der Waals surface area contributed by atoms with E-state index >= 15 is 0 Å². The maximum absolute atomic E-state index is 12.4. The van der Waals surface area contributed by atoms with Gasteiger partial charge in [0.25, 0.3) is 5.78 Å². The van der Waals surface area contributed by atoms with Crippen molar-refractivity contribution in [1.29, 1.82) is 0 Å². The molecule has 2 heterocycles. The van der Waals surface area contributed by atoms with Crippen LogP contribution in [0.15, 0.2) is 64.8 Å². The Bertz CT molecular complexity index is 1220. The Morgan fingerprint density at radius 1 is 1.19 bits per heavy atom. The van der Waals surface area contributed by atoms with E-state index < -0.39 is 0 Å². The molecule has 0 saturated carbocycles. The number of benzene rings is 2. The van der Waals surface area contributed by atoms with E-state index in [0.29, 0.717) is 5.78 Å². The van der Waals surface area contributed by atoms with Gasteiger partial charge >= 0.3 is 0 Å². The molecule has 0 fully saturated rings. The molecule has 0 spiro atoms. The maximum Gasteiger partial charge on any atom is 0.253 e. The predicted molar refractivity (Wildman–Crippen MR) is 121 cm³/mol. The highest BCUT2D eigenvalue weighted by molar-refractivity contribution is 7.99. The Balaban J connectivity index is 1.47. The highest BCUT2D eigenvalue weighted by Crippen LogP contribution is 2.32. The Morgan fingerprint density at radius 3 is 2.74 bits per heavy atom. The Labute approximate surface area is 184 Å². The van der Waals surface area contributed by atoms with Crippen molar-refractivity contribution < 1.29 is 9.53 Å². The first-order valence-electron chi connectivity index (χ1n) is 9.97. The number of nitrogens with zero attached hydrogens (tertiary/aromatic N) is 4. The molecular formula is C23H23N5O2S. The average molecular weight is 434 g/mol.